The standard InChI is InChI=1S/C12H23NO4/c1-5-12(3,16-4)11(15)13-6-10(7-14)17-8-9(13)2/h9-10,14H,5-8H2,1-4H3. The third-order valence-corrected chi connectivity index (χ3v) is 3.55. The van der Waals surface area contributed by atoms with Gasteiger partial charge in [-0.2, -0.15) is 0 Å². The summed E-state index contributed by atoms with van der Waals surface area (Å²) in [5.74, 6) is -0.0308. The summed E-state index contributed by atoms with van der Waals surface area (Å²) in [6, 6.07) is 0.0197. The van der Waals surface area contributed by atoms with E-state index in [0.717, 1.165) is 0 Å². The minimum atomic E-state index is -0.786. The fourth-order valence-corrected chi connectivity index (χ4v) is 1.90. The van der Waals surface area contributed by atoms with Gasteiger partial charge in [-0.25, -0.2) is 0 Å². The Morgan fingerprint density at radius 2 is 2.29 bits per heavy atom. The zero-order valence-corrected chi connectivity index (χ0v) is 11.1. The lowest BCUT2D eigenvalue weighted by Gasteiger charge is -2.41. The van der Waals surface area contributed by atoms with Crippen molar-refractivity contribution in [3.63, 3.8) is 0 Å². The summed E-state index contributed by atoms with van der Waals surface area (Å²) >= 11 is 0. The van der Waals surface area contributed by atoms with Crippen LogP contribution < -0.4 is 0 Å². The van der Waals surface area contributed by atoms with E-state index < -0.39 is 5.60 Å². The molecule has 0 aromatic heterocycles. The van der Waals surface area contributed by atoms with Crippen LogP contribution in [-0.4, -0.2) is 60.5 Å². The minimum Gasteiger partial charge on any atom is -0.394 e. The summed E-state index contributed by atoms with van der Waals surface area (Å²) in [4.78, 5) is 14.2. The highest BCUT2D eigenvalue weighted by Gasteiger charge is 2.39. The number of nitrogens with zero attached hydrogens (tertiary/aromatic N) is 1. The normalized spacial score (nSPS) is 28.9. The van der Waals surface area contributed by atoms with Gasteiger partial charge in [0.2, 0.25) is 0 Å². The first-order valence-electron chi connectivity index (χ1n) is 6.07. The van der Waals surface area contributed by atoms with Crippen molar-refractivity contribution in [2.24, 2.45) is 0 Å². The van der Waals surface area contributed by atoms with Crippen LogP contribution in [0, 0.1) is 0 Å². The molecule has 0 aliphatic carbocycles. The Balaban J connectivity index is 2.78. The van der Waals surface area contributed by atoms with Gasteiger partial charge in [0.25, 0.3) is 5.91 Å². The fourth-order valence-electron chi connectivity index (χ4n) is 1.90. The van der Waals surface area contributed by atoms with Gasteiger partial charge < -0.3 is 19.5 Å². The highest BCUT2D eigenvalue weighted by molar-refractivity contribution is 5.85. The zero-order valence-electron chi connectivity index (χ0n) is 11.1. The molecule has 1 fully saturated rings. The van der Waals surface area contributed by atoms with Crippen LogP contribution in [0.3, 0.4) is 0 Å². The number of amides is 1. The Morgan fingerprint density at radius 1 is 1.65 bits per heavy atom. The van der Waals surface area contributed by atoms with Crippen LogP contribution in [0.25, 0.3) is 0 Å². The van der Waals surface area contributed by atoms with Crippen molar-refractivity contribution in [1.82, 2.24) is 4.90 Å². The molecule has 0 saturated carbocycles. The number of carbonyl (C=O) groups is 1. The summed E-state index contributed by atoms with van der Waals surface area (Å²) in [5, 5.41) is 9.10. The molecular weight excluding hydrogens is 222 g/mol. The quantitative estimate of drug-likeness (QED) is 0.779. The van der Waals surface area contributed by atoms with Gasteiger partial charge >= 0.3 is 0 Å². The van der Waals surface area contributed by atoms with Gasteiger partial charge in [-0.05, 0) is 20.3 Å². The molecular formula is C12H23NO4. The first-order valence-corrected chi connectivity index (χ1v) is 6.07. The molecule has 1 rings (SSSR count). The van der Waals surface area contributed by atoms with Gasteiger partial charge in [0.1, 0.15) is 5.60 Å². The lowest BCUT2D eigenvalue weighted by Crippen LogP contribution is -2.58. The van der Waals surface area contributed by atoms with Crippen molar-refractivity contribution in [3.05, 3.63) is 0 Å². The van der Waals surface area contributed by atoms with Crippen LogP contribution in [0.2, 0.25) is 0 Å². The zero-order chi connectivity index (χ0) is 13.1. The molecule has 1 N–H and O–H groups in total. The van der Waals surface area contributed by atoms with Crippen LogP contribution in [0.4, 0.5) is 0 Å². The highest BCUT2D eigenvalue weighted by Crippen LogP contribution is 2.22. The predicted octanol–water partition coefficient (Wildman–Crippen LogP) is 0.410. The molecule has 3 unspecified atom stereocenters. The molecule has 5 heteroatoms. The highest BCUT2D eigenvalue weighted by atomic mass is 16.5. The number of hydrogen-bond acceptors (Lipinski definition) is 4. The van der Waals surface area contributed by atoms with Crippen molar-refractivity contribution < 1.29 is 19.4 Å². The van der Waals surface area contributed by atoms with E-state index in [1.807, 2.05) is 13.8 Å². The Bertz CT molecular complexity index is 265. The number of ether oxygens (including phenoxy) is 2. The van der Waals surface area contributed by atoms with Crippen molar-refractivity contribution in [2.75, 3.05) is 26.9 Å². The maximum Gasteiger partial charge on any atom is 0.254 e. The van der Waals surface area contributed by atoms with Crippen molar-refractivity contribution in [3.8, 4) is 0 Å². The molecule has 1 amide bonds. The summed E-state index contributed by atoms with van der Waals surface area (Å²) in [7, 11) is 1.55. The number of rotatable bonds is 4. The van der Waals surface area contributed by atoms with Gasteiger partial charge in [-0.1, -0.05) is 6.92 Å². The molecule has 0 radical (unpaired) electrons. The van der Waals surface area contributed by atoms with E-state index in [1.165, 1.54) is 0 Å². The van der Waals surface area contributed by atoms with Gasteiger partial charge in [-0.3, -0.25) is 4.79 Å². The van der Waals surface area contributed by atoms with E-state index in [1.54, 1.807) is 18.9 Å². The predicted molar refractivity (Wildman–Crippen MR) is 63.7 cm³/mol. The monoisotopic (exact) mass is 245 g/mol. The second-order valence-electron chi connectivity index (χ2n) is 4.73. The maximum atomic E-state index is 12.4. The number of aliphatic hydroxyl groups excluding tert-OH is 1. The Labute approximate surface area is 103 Å². The number of methoxy groups -OCH3 is 1. The van der Waals surface area contributed by atoms with Gasteiger partial charge in [0, 0.05) is 13.7 Å². The molecule has 1 saturated heterocycles. The first kappa shape index (κ1) is 14.4. The minimum absolute atomic E-state index is 0.0197. The lowest BCUT2D eigenvalue weighted by atomic mass is 9.99. The second-order valence-corrected chi connectivity index (χ2v) is 4.73. The SMILES string of the molecule is CCC(C)(OC)C(=O)N1CC(CO)OCC1C. The van der Waals surface area contributed by atoms with E-state index in [0.29, 0.717) is 19.6 Å². The molecule has 100 valence electrons. The van der Waals surface area contributed by atoms with E-state index in [2.05, 4.69) is 0 Å². The van der Waals surface area contributed by atoms with Crippen LogP contribution in [0.5, 0.6) is 0 Å². The fraction of sp³-hybridized carbons (Fsp3) is 0.917. The number of carbonyl (C=O) groups excluding carboxylic acids is 1. The Morgan fingerprint density at radius 3 is 2.76 bits per heavy atom. The average molecular weight is 245 g/mol. The van der Waals surface area contributed by atoms with E-state index >= 15 is 0 Å². The largest absolute Gasteiger partial charge is 0.394 e. The second kappa shape index (κ2) is 5.80. The first-order chi connectivity index (χ1) is 7.98. The molecule has 5 nitrogen and oxygen atoms in total. The van der Waals surface area contributed by atoms with Crippen LogP contribution >= 0.6 is 0 Å². The molecule has 0 aromatic carbocycles. The molecule has 1 heterocycles. The van der Waals surface area contributed by atoms with Gasteiger partial charge in [0.05, 0.1) is 25.4 Å². The van der Waals surface area contributed by atoms with Crippen LogP contribution in [-0.2, 0) is 14.3 Å². The van der Waals surface area contributed by atoms with Gasteiger partial charge in [-0.15, -0.1) is 0 Å². The van der Waals surface area contributed by atoms with E-state index in [4.69, 9.17) is 14.6 Å². The molecule has 0 bridgehead atoms. The Hall–Kier alpha value is -0.650. The van der Waals surface area contributed by atoms with Crippen LogP contribution in [0.1, 0.15) is 27.2 Å². The third-order valence-electron chi connectivity index (χ3n) is 3.55. The average Bonchev–Trinajstić information content (AvgIpc) is 2.37. The van der Waals surface area contributed by atoms with E-state index in [9.17, 15) is 4.79 Å². The molecule has 3 atom stereocenters. The van der Waals surface area contributed by atoms with Crippen molar-refractivity contribution in [2.45, 2.75) is 44.9 Å². The smallest absolute Gasteiger partial charge is 0.254 e. The number of hydrogen-bond donors (Lipinski definition) is 1. The van der Waals surface area contributed by atoms with Crippen molar-refractivity contribution in [1.29, 1.82) is 0 Å². The molecule has 0 spiro atoms. The number of aliphatic hydroxyl groups is 1. The topological polar surface area (TPSA) is 59.0 Å². The summed E-state index contributed by atoms with van der Waals surface area (Å²) in [5.41, 5.74) is -0.786. The third kappa shape index (κ3) is 2.97. The lowest BCUT2D eigenvalue weighted by molar-refractivity contribution is -0.167. The summed E-state index contributed by atoms with van der Waals surface area (Å²) in [6.07, 6.45) is 0.337. The molecule has 1 aliphatic heterocycles. The van der Waals surface area contributed by atoms with Crippen LogP contribution in [0.15, 0.2) is 0 Å². The maximum absolute atomic E-state index is 12.4. The Kier molecular flexibility index (Phi) is 4.91. The summed E-state index contributed by atoms with van der Waals surface area (Å²) < 4.78 is 10.7. The molecule has 0 aromatic rings. The molecule has 1 aliphatic rings. The molecule has 17 heavy (non-hydrogen) atoms. The van der Waals surface area contributed by atoms with Gasteiger partial charge in [0.15, 0.2) is 0 Å². The number of morpholine rings is 1. The summed E-state index contributed by atoms with van der Waals surface area (Å²) in [6.45, 7) is 6.49. The van der Waals surface area contributed by atoms with Crippen molar-refractivity contribution >= 4 is 5.91 Å². The van der Waals surface area contributed by atoms with E-state index in [-0.39, 0.29) is 24.7 Å².